The van der Waals surface area contributed by atoms with E-state index in [1.807, 2.05) is 0 Å². The monoisotopic (exact) mass is 442 g/mol. The maximum atomic E-state index is 13.5. The molecule has 10 heteroatoms. The van der Waals surface area contributed by atoms with Crippen LogP contribution < -0.4 is 5.32 Å². The van der Waals surface area contributed by atoms with Crippen molar-refractivity contribution in [1.29, 1.82) is 0 Å². The summed E-state index contributed by atoms with van der Waals surface area (Å²) in [7, 11) is -3.66. The number of carbonyl (C=O) groups excluding carboxylic acids is 1. The molecule has 1 saturated heterocycles. The van der Waals surface area contributed by atoms with Gasteiger partial charge in [0.1, 0.15) is 0 Å². The van der Waals surface area contributed by atoms with Crippen LogP contribution in [0.2, 0.25) is 0 Å². The smallest absolute Gasteiger partial charge is 0.375 e. The molecule has 162 valence electrons. The summed E-state index contributed by atoms with van der Waals surface area (Å²) >= 11 is 0. The molecule has 0 aromatic heterocycles. The Morgan fingerprint density at radius 3 is 2.10 bits per heavy atom. The van der Waals surface area contributed by atoms with E-state index in [4.69, 9.17) is 0 Å². The molecule has 6 nitrogen and oxygen atoms in total. The summed E-state index contributed by atoms with van der Waals surface area (Å²) in [6.07, 6.45) is -3.46. The average molecular weight is 442 g/mol. The zero-order chi connectivity index (χ0) is 22.0. The lowest BCUT2D eigenvalue weighted by Crippen LogP contribution is -2.51. The van der Waals surface area contributed by atoms with Crippen molar-refractivity contribution in [2.45, 2.75) is 29.5 Å². The van der Waals surface area contributed by atoms with Gasteiger partial charge in [-0.2, -0.15) is 17.5 Å². The summed E-state index contributed by atoms with van der Waals surface area (Å²) in [6, 6.07) is 11.4. The second-order valence-electron chi connectivity index (χ2n) is 7.04. The van der Waals surface area contributed by atoms with E-state index in [-0.39, 0.29) is 10.5 Å². The number of nitrogens with zero attached hydrogens (tertiary/aromatic N) is 1. The Morgan fingerprint density at radius 2 is 1.57 bits per heavy atom. The van der Waals surface area contributed by atoms with Crippen LogP contribution in [0.4, 0.5) is 13.2 Å². The van der Waals surface area contributed by atoms with Crippen LogP contribution in [0, 0.1) is 0 Å². The largest absolute Gasteiger partial charge is 0.423 e. The summed E-state index contributed by atoms with van der Waals surface area (Å²) in [5, 5.41) is 12.4. The third kappa shape index (κ3) is 4.35. The van der Waals surface area contributed by atoms with Crippen LogP contribution in [0.15, 0.2) is 59.5 Å². The van der Waals surface area contributed by atoms with Crippen LogP contribution in [-0.2, 0) is 15.6 Å². The molecule has 0 aliphatic carbocycles. The van der Waals surface area contributed by atoms with Crippen molar-refractivity contribution < 1.29 is 31.5 Å². The second-order valence-corrected chi connectivity index (χ2v) is 8.98. The number of hydrogen-bond donors (Lipinski definition) is 2. The number of hydrogen-bond acceptors (Lipinski definition) is 4. The highest BCUT2D eigenvalue weighted by atomic mass is 32.2. The van der Waals surface area contributed by atoms with Crippen LogP contribution >= 0.6 is 0 Å². The van der Waals surface area contributed by atoms with Crippen molar-refractivity contribution in [2.24, 2.45) is 0 Å². The Morgan fingerprint density at radius 1 is 1.00 bits per heavy atom. The predicted molar refractivity (Wildman–Crippen MR) is 103 cm³/mol. The number of amides is 1. The minimum absolute atomic E-state index is 0.0111. The zero-order valence-electron chi connectivity index (χ0n) is 15.9. The Kier molecular flexibility index (Phi) is 6.21. The lowest BCUT2D eigenvalue weighted by atomic mass is 9.93. The third-order valence-corrected chi connectivity index (χ3v) is 6.96. The molecular weight excluding hydrogens is 421 g/mol. The first-order valence-corrected chi connectivity index (χ1v) is 10.7. The van der Waals surface area contributed by atoms with E-state index in [0.29, 0.717) is 13.1 Å². The van der Waals surface area contributed by atoms with Gasteiger partial charge in [0, 0.05) is 18.7 Å². The summed E-state index contributed by atoms with van der Waals surface area (Å²) in [4.78, 5) is 12.3. The molecule has 30 heavy (non-hydrogen) atoms. The van der Waals surface area contributed by atoms with Crippen molar-refractivity contribution in [3.63, 3.8) is 0 Å². The zero-order valence-corrected chi connectivity index (χ0v) is 16.7. The first-order chi connectivity index (χ1) is 14.1. The molecule has 0 unspecified atom stereocenters. The molecule has 2 aromatic carbocycles. The molecule has 1 aliphatic rings. The van der Waals surface area contributed by atoms with Crippen LogP contribution in [0.5, 0.6) is 0 Å². The molecule has 1 atom stereocenters. The first-order valence-electron chi connectivity index (χ1n) is 9.29. The molecule has 1 amide bonds. The molecule has 0 spiro atoms. The van der Waals surface area contributed by atoms with Gasteiger partial charge in [0.05, 0.1) is 11.4 Å². The van der Waals surface area contributed by atoms with Crippen molar-refractivity contribution >= 4 is 15.9 Å². The fourth-order valence-corrected chi connectivity index (χ4v) is 4.76. The number of halogens is 3. The Balaban J connectivity index is 1.74. The van der Waals surface area contributed by atoms with Gasteiger partial charge < -0.3 is 10.4 Å². The topological polar surface area (TPSA) is 86.7 Å². The van der Waals surface area contributed by atoms with E-state index in [1.165, 1.54) is 46.8 Å². The number of sulfonamides is 1. The van der Waals surface area contributed by atoms with Gasteiger partial charge in [-0.25, -0.2) is 8.42 Å². The number of carbonyl (C=O) groups is 1. The van der Waals surface area contributed by atoms with Crippen LogP contribution in [0.25, 0.3) is 0 Å². The lowest BCUT2D eigenvalue weighted by molar-refractivity contribution is -0.263. The number of benzene rings is 2. The van der Waals surface area contributed by atoms with Gasteiger partial charge >= 0.3 is 6.18 Å². The van der Waals surface area contributed by atoms with Gasteiger partial charge in [-0.05, 0) is 42.7 Å². The summed E-state index contributed by atoms with van der Waals surface area (Å²) in [5.74, 6) is -0.862. The van der Waals surface area contributed by atoms with Crippen LogP contribution in [0.3, 0.4) is 0 Å². The fraction of sp³-hybridized carbons (Fsp3) is 0.350. The predicted octanol–water partition coefficient (Wildman–Crippen LogP) is 2.65. The molecule has 1 fully saturated rings. The van der Waals surface area contributed by atoms with Crippen molar-refractivity contribution in [3.8, 4) is 0 Å². The van der Waals surface area contributed by atoms with Gasteiger partial charge in [-0.3, -0.25) is 4.79 Å². The van der Waals surface area contributed by atoms with Crippen molar-refractivity contribution in [3.05, 3.63) is 65.7 Å². The number of rotatable bonds is 6. The van der Waals surface area contributed by atoms with Crippen molar-refractivity contribution in [1.82, 2.24) is 9.62 Å². The van der Waals surface area contributed by atoms with E-state index < -0.39 is 39.8 Å². The van der Waals surface area contributed by atoms with E-state index in [9.17, 15) is 31.5 Å². The van der Waals surface area contributed by atoms with E-state index >= 15 is 0 Å². The summed E-state index contributed by atoms with van der Waals surface area (Å²) in [6.45, 7) is -0.229. The van der Waals surface area contributed by atoms with E-state index in [1.54, 1.807) is 0 Å². The van der Waals surface area contributed by atoms with Crippen molar-refractivity contribution in [2.75, 3.05) is 19.6 Å². The Bertz CT molecular complexity index is 989. The fourth-order valence-electron chi connectivity index (χ4n) is 3.25. The minimum Gasteiger partial charge on any atom is -0.375 e. The third-order valence-electron chi connectivity index (χ3n) is 5.04. The molecule has 1 heterocycles. The normalized spacial score (nSPS) is 17.5. The maximum Gasteiger partial charge on any atom is 0.423 e. The Hall–Kier alpha value is -2.43. The molecular formula is C20H21F3N2O4S. The van der Waals surface area contributed by atoms with Gasteiger partial charge in [0.15, 0.2) is 0 Å². The standard InChI is InChI=1S/C20H21F3N2O4S/c21-20(22,23)19(27,16-6-2-1-3-7-16)14-24-18(26)15-8-10-17(11-9-15)30(28,29)25-12-4-5-13-25/h1-3,6-11,27H,4-5,12-14H2,(H,24,26)/t19-/m1/s1. The molecule has 0 bridgehead atoms. The maximum absolute atomic E-state index is 13.5. The van der Waals surface area contributed by atoms with E-state index in [2.05, 4.69) is 5.32 Å². The molecule has 0 radical (unpaired) electrons. The Labute approximate surface area is 172 Å². The number of aliphatic hydroxyl groups is 1. The summed E-state index contributed by atoms with van der Waals surface area (Å²) < 4.78 is 66.9. The average Bonchev–Trinajstić information content (AvgIpc) is 3.27. The summed E-state index contributed by atoms with van der Waals surface area (Å²) in [5.41, 5.74) is -3.68. The lowest BCUT2D eigenvalue weighted by Gasteiger charge is -2.31. The van der Waals surface area contributed by atoms with Crippen LogP contribution in [0.1, 0.15) is 28.8 Å². The minimum atomic E-state index is -5.02. The number of nitrogens with one attached hydrogen (secondary N) is 1. The van der Waals surface area contributed by atoms with Gasteiger partial charge in [-0.1, -0.05) is 30.3 Å². The molecule has 3 rings (SSSR count). The first kappa shape index (κ1) is 22.3. The van der Waals surface area contributed by atoms with Gasteiger partial charge in [0.2, 0.25) is 15.6 Å². The van der Waals surface area contributed by atoms with Crippen LogP contribution in [-0.4, -0.2) is 49.5 Å². The highest BCUT2D eigenvalue weighted by Crippen LogP contribution is 2.38. The van der Waals surface area contributed by atoms with Gasteiger partial charge in [-0.15, -0.1) is 0 Å². The highest BCUT2D eigenvalue weighted by Gasteiger charge is 2.55. The quantitative estimate of drug-likeness (QED) is 0.720. The molecule has 1 aliphatic heterocycles. The highest BCUT2D eigenvalue weighted by molar-refractivity contribution is 7.89. The molecule has 2 aromatic rings. The van der Waals surface area contributed by atoms with E-state index in [0.717, 1.165) is 25.0 Å². The SMILES string of the molecule is O=C(NC[C@@](O)(c1ccccc1)C(F)(F)F)c1ccc(S(=O)(=O)N2CCCC2)cc1. The van der Waals surface area contributed by atoms with Gasteiger partial charge in [0.25, 0.3) is 5.91 Å². The number of alkyl halides is 3. The second kappa shape index (κ2) is 8.37. The molecule has 2 N–H and O–H groups in total. The molecule has 0 saturated carbocycles.